The van der Waals surface area contributed by atoms with Gasteiger partial charge in [-0.05, 0) is 31.1 Å². The van der Waals surface area contributed by atoms with Crippen molar-refractivity contribution >= 4 is 0 Å². The Hall–Kier alpha value is -0.0800. The van der Waals surface area contributed by atoms with E-state index in [2.05, 4.69) is 10.4 Å². The van der Waals surface area contributed by atoms with E-state index in [1.54, 1.807) is 0 Å². The van der Waals surface area contributed by atoms with Gasteiger partial charge in [-0.1, -0.05) is 0 Å². The standard InChI is InChI=1S/C8H14N2/c1-6-2-8-3-7(1)5-10(4-6)9-8/h6-9H,1-5H2. The van der Waals surface area contributed by atoms with Crippen LogP contribution in [0.5, 0.6) is 0 Å². The molecule has 0 radical (unpaired) electrons. The van der Waals surface area contributed by atoms with Gasteiger partial charge < -0.3 is 0 Å². The molecule has 4 aliphatic rings. The van der Waals surface area contributed by atoms with Gasteiger partial charge in [-0.25, -0.2) is 5.01 Å². The Morgan fingerprint density at radius 3 is 2.20 bits per heavy atom. The number of hydrogen-bond donors (Lipinski definition) is 1. The summed E-state index contributed by atoms with van der Waals surface area (Å²) in [6, 6.07) is 0.853. The zero-order chi connectivity index (χ0) is 6.55. The number of hydrogen-bond acceptors (Lipinski definition) is 2. The summed E-state index contributed by atoms with van der Waals surface area (Å²) in [7, 11) is 0. The summed E-state index contributed by atoms with van der Waals surface area (Å²) < 4.78 is 0. The zero-order valence-electron chi connectivity index (χ0n) is 6.21. The van der Waals surface area contributed by atoms with Crippen molar-refractivity contribution in [3.8, 4) is 0 Å². The average Bonchev–Trinajstić information content (AvgIpc) is 1.82. The van der Waals surface area contributed by atoms with E-state index < -0.39 is 0 Å². The van der Waals surface area contributed by atoms with Gasteiger partial charge in [0.2, 0.25) is 0 Å². The Labute approximate surface area is 61.6 Å². The molecule has 2 atom stereocenters. The van der Waals surface area contributed by atoms with E-state index >= 15 is 0 Å². The van der Waals surface area contributed by atoms with Crippen LogP contribution in [0.1, 0.15) is 19.3 Å². The summed E-state index contributed by atoms with van der Waals surface area (Å²) in [5.41, 5.74) is 3.55. The van der Waals surface area contributed by atoms with Gasteiger partial charge in [-0.15, -0.1) is 0 Å². The molecular weight excluding hydrogens is 124 g/mol. The Balaban J connectivity index is 1.90. The van der Waals surface area contributed by atoms with Crippen molar-refractivity contribution in [1.82, 2.24) is 10.4 Å². The number of nitrogens with one attached hydrogen (secondary N) is 1. The molecule has 0 aromatic rings. The van der Waals surface area contributed by atoms with Crippen LogP contribution < -0.4 is 5.43 Å². The third-order valence-electron chi connectivity index (χ3n) is 3.22. The van der Waals surface area contributed by atoms with Gasteiger partial charge in [0.1, 0.15) is 0 Å². The Morgan fingerprint density at radius 2 is 1.70 bits per heavy atom. The maximum Gasteiger partial charge on any atom is 0.0221 e. The van der Waals surface area contributed by atoms with Crippen molar-refractivity contribution in [3.63, 3.8) is 0 Å². The van der Waals surface area contributed by atoms with E-state index in [4.69, 9.17) is 0 Å². The predicted molar refractivity (Wildman–Crippen MR) is 39.3 cm³/mol. The van der Waals surface area contributed by atoms with Crippen molar-refractivity contribution in [2.24, 2.45) is 11.8 Å². The van der Waals surface area contributed by atoms with Gasteiger partial charge >= 0.3 is 0 Å². The minimum atomic E-state index is 0.853. The molecule has 3 heterocycles. The van der Waals surface area contributed by atoms with Gasteiger partial charge in [0.05, 0.1) is 0 Å². The minimum Gasteiger partial charge on any atom is -0.252 e. The molecule has 2 nitrogen and oxygen atoms in total. The molecule has 10 heavy (non-hydrogen) atoms. The molecule has 3 saturated heterocycles. The smallest absolute Gasteiger partial charge is 0.0221 e. The summed E-state index contributed by atoms with van der Waals surface area (Å²) in [5.74, 6) is 2.08. The molecule has 56 valence electrons. The summed E-state index contributed by atoms with van der Waals surface area (Å²) in [6.45, 7) is 2.65. The van der Waals surface area contributed by atoms with Crippen molar-refractivity contribution < 1.29 is 0 Å². The molecule has 1 saturated carbocycles. The molecule has 4 rings (SSSR count). The molecular formula is C8H14N2. The normalized spacial score (nSPS) is 57.6. The van der Waals surface area contributed by atoms with Crippen LogP contribution in [0.4, 0.5) is 0 Å². The van der Waals surface area contributed by atoms with E-state index in [-0.39, 0.29) is 0 Å². The molecule has 2 heteroatoms. The van der Waals surface area contributed by atoms with Crippen LogP contribution in [0.15, 0.2) is 0 Å². The lowest BCUT2D eigenvalue weighted by molar-refractivity contribution is -0.0469. The van der Waals surface area contributed by atoms with Gasteiger partial charge in [0.15, 0.2) is 0 Å². The fourth-order valence-electron chi connectivity index (χ4n) is 3.03. The highest BCUT2D eigenvalue weighted by atomic mass is 15.5. The second-order valence-corrected chi connectivity index (χ2v) is 4.17. The van der Waals surface area contributed by atoms with Crippen LogP contribution in [-0.4, -0.2) is 24.1 Å². The van der Waals surface area contributed by atoms with Crippen molar-refractivity contribution in [2.75, 3.05) is 13.1 Å². The first kappa shape index (κ1) is 5.56. The van der Waals surface area contributed by atoms with Crippen molar-refractivity contribution in [1.29, 1.82) is 0 Å². The molecule has 0 amide bonds. The first-order chi connectivity index (χ1) is 4.90. The minimum absolute atomic E-state index is 0.853. The zero-order valence-corrected chi connectivity index (χ0v) is 6.21. The number of nitrogens with zero attached hydrogens (tertiary/aromatic N) is 1. The number of hydrazine groups is 1. The monoisotopic (exact) mass is 138 g/mol. The SMILES string of the molecule is C1C2CC3CC1CN(C2)N3. The van der Waals surface area contributed by atoms with Crippen molar-refractivity contribution in [2.45, 2.75) is 25.3 Å². The van der Waals surface area contributed by atoms with E-state index in [0.717, 1.165) is 17.9 Å². The maximum absolute atomic E-state index is 3.55. The lowest BCUT2D eigenvalue weighted by atomic mass is 9.74. The molecule has 4 bridgehead atoms. The lowest BCUT2D eigenvalue weighted by Gasteiger charge is -2.52. The molecule has 1 N–H and O–H groups in total. The second kappa shape index (κ2) is 1.74. The van der Waals surface area contributed by atoms with Gasteiger partial charge in [-0.3, -0.25) is 5.43 Å². The lowest BCUT2D eigenvalue weighted by Crippen LogP contribution is -2.62. The summed E-state index contributed by atoms with van der Waals surface area (Å²) in [5, 5.41) is 2.44. The molecule has 4 fully saturated rings. The van der Waals surface area contributed by atoms with Crippen LogP contribution in [-0.2, 0) is 0 Å². The first-order valence-electron chi connectivity index (χ1n) is 4.41. The Morgan fingerprint density at radius 1 is 1.00 bits per heavy atom. The largest absolute Gasteiger partial charge is 0.252 e. The van der Waals surface area contributed by atoms with Gasteiger partial charge in [0.25, 0.3) is 0 Å². The Kier molecular flexibility index (Phi) is 0.968. The Bertz CT molecular complexity index is 98.8. The summed E-state index contributed by atoms with van der Waals surface area (Å²) >= 11 is 0. The number of rotatable bonds is 0. The fourth-order valence-corrected chi connectivity index (χ4v) is 3.03. The molecule has 3 aliphatic heterocycles. The van der Waals surface area contributed by atoms with Gasteiger partial charge in [0, 0.05) is 19.1 Å². The summed E-state index contributed by atoms with van der Waals surface area (Å²) in [4.78, 5) is 0. The third-order valence-corrected chi connectivity index (χ3v) is 3.22. The molecule has 2 unspecified atom stereocenters. The van der Waals surface area contributed by atoms with E-state index in [1.165, 1.54) is 32.4 Å². The van der Waals surface area contributed by atoms with E-state index in [1.807, 2.05) is 0 Å². The second-order valence-electron chi connectivity index (χ2n) is 4.17. The highest BCUT2D eigenvalue weighted by Gasteiger charge is 2.40. The highest BCUT2D eigenvalue weighted by molar-refractivity contribution is 4.93. The predicted octanol–water partition coefficient (Wildman–Crippen LogP) is 0.605. The van der Waals surface area contributed by atoms with Gasteiger partial charge in [-0.2, -0.15) is 0 Å². The van der Waals surface area contributed by atoms with Crippen LogP contribution >= 0.6 is 0 Å². The van der Waals surface area contributed by atoms with E-state index in [9.17, 15) is 0 Å². The van der Waals surface area contributed by atoms with Crippen molar-refractivity contribution in [3.05, 3.63) is 0 Å². The van der Waals surface area contributed by atoms with Crippen LogP contribution in [0.2, 0.25) is 0 Å². The van der Waals surface area contributed by atoms with E-state index in [0.29, 0.717) is 0 Å². The number of piperidine rings is 1. The van der Waals surface area contributed by atoms with Crippen LogP contribution in [0.3, 0.4) is 0 Å². The van der Waals surface area contributed by atoms with Crippen LogP contribution in [0, 0.1) is 11.8 Å². The topological polar surface area (TPSA) is 15.3 Å². The van der Waals surface area contributed by atoms with Crippen LogP contribution in [0.25, 0.3) is 0 Å². The maximum atomic E-state index is 3.55. The highest BCUT2D eigenvalue weighted by Crippen LogP contribution is 2.37. The quantitative estimate of drug-likeness (QED) is 0.527. The average molecular weight is 138 g/mol. The molecule has 0 aromatic carbocycles. The molecule has 1 aliphatic carbocycles. The molecule has 0 aromatic heterocycles. The fraction of sp³-hybridized carbons (Fsp3) is 1.00. The first-order valence-corrected chi connectivity index (χ1v) is 4.41. The summed E-state index contributed by atoms with van der Waals surface area (Å²) in [6.07, 6.45) is 4.43. The third kappa shape index (κ3) is 0.663. The molecule has 0 spiro atoms.